The van der Waals surface area contributed by atoms with E-state index in [1.54, 1.807) is 6.07 Å². The largest absolute Gasteiger partial charge is 0.325 e. The van der Waals surface area contributed by atoms with Crippen LogP contribution in [0.15, 0.2) is 42.5 Å². The Morgan fingerprint density at radius 1 is 1.17 bits per heavy atom. The predicted molar refractivity (Wildman–Crippen MR) is 89.9 cm³/mol. The van der Waals surface area contributed by atoms with Crippen LogP contribution in [0.1, 0.15) is 35.3 Å². The summed E-state index contributed by atoms with van der Waals surface area (Å²) in [5.74, 6) is -0.0310. The van der Waals surface area contributed by atoms with E-state index in [-0.39, 0.29) is 11.8 Å². The fourth-order valence-electron chi connectivity index (χ4n) is 3.41. The van der Waals surface area contributed by atoms with E-state index in [1.165, 1.54) is 5.56 Å². The van der Waals surface area contributed by atoms with Crippen molar-refractivity contribution in [1.29, 1.82) is 0 Å². The third kappa shape index (κ3) is 1.98. The Balaban J connectivity index is 1.72. The zero-order valence-corrected chi connectivity index (χ0v) is 13.2. The smallest absolute Gasteiger partial charge is 0.258 e. The van der Waals surface area contributed by atoms with E-state index in [0.29, 0.717) is 12.1 Å². The van der Waals surface area contributed by atoms with Crippen LogP contribution in [0.4, 0.5) is 11.4 Å². The van der Waals surface area contributed by atoms with E-state index < -0.39 is 5.41 Å². The van der Waals surface area contributed by atoms with Crippen LogP contribution in [0, 0.1) is 0 Å². The van der Waals surface area contributed by atoms with Crippen LogP contribution in [0.25, 0.3) is 0 Å². The molecule has 1 N–H and O–H groups in total. The van der Waals surface area contributed by atoms with Crippen molar-refractivity contribution in [1.82, 2.24) is 0 Å². The lowest BCUT2D eigenvalue weighted by molar-refractivity contribution is -0.119. The van der Waals surface area contributed by atoms with Gasteiger partial charge in [-0.25, -0.2) is 0 Å². The molecule has 2 amide bonds. The van der Waals surface area contributed by atoms with Crippen molar-refractivity contribution in [2.24, 2.45) is 0 Å². The number of carbonyl (C=O) groups excluding carboxylic acids is 2. The van der Waals surface area contributed by atoms with Crippen molar-refractivity contribution in [3.8, 4) is 0 Å². The Kier molecular flexibility index (Phi) is 2.85. The van der Waals surface area contributed by atoms with Crippen molar-refractivity contribution in [3.05, 3.63) is 59.2 Å². The number of fused-ring (bicyclic) bond motifs is 2. The summed E-state index contributed by atoms with van der Waals surface area (Å²) in [5.41, 5.74) is 3.92. The molecule has 2 aliphatic heterocycles. The van der Waals surface area contributed by atoms with Gasteiger partial charge in [0.05, 0.1) is 5.41 Å². The SMILES string of the molecule is CC1(C)C(=O)Nc2ccc(C(=O)N3CCc4ccccc43)cc21. The number of carbonyl (C=O) groups is 2. The number of hydrogen-bond donors (Lipinski definition) is 1. The lowest BCUT2D eigenvalue weighted by Gasteiger charge is -2.19. The monoisotopic (exact) mass is 306 g/mol. The molecule has 2 aromatic rings. The molecule has 2 aromatic carbocycles. The van der Waals surface area contributed by atoms with Crippen molar-refractivity contribution in [2.45, 2.75) is 25.7 Å². The third-order valence-electron chi connectivity index (χ3n) is 4.89. The van der Waals surface area contributed by atoms with Gasteiger partial charge in [-0.05, 0) is 55.7 Å². The van der Waals surface area contributed by atoms with Gasteiger partial charge in [-0.2, -0.15) is 0 Å². The highest BCUT2D eigenvalue weighted by Gasteiger charge is 2.39. The second-order valence-electron chi connectivity index (χ2n) is 6.67. The van der Waals surface area contributed by atoms with Gasteiger partial charge >= 0.3 is 0 Å². The Hall–Kier alpha value is -2.62. The molecule has 2 aliphatic rings. The van der Waals surface area contributed by atoms with Crippen molar-refractivity contribution >= 4 is 23.2 Å². The van der Waals surface area contributed by atoms with Gasteiger partial charge in [-0.15, -0.1) is 0 Å². The zero-order valence-electron chi connectivity index (χ0n) is 13.2. The van der Waals surface area contributed by atoms with Gasteiger partial charge in [-0.1, -0.05) is 18.2 Å². The van der Waals surface area contributed by atoms with Gasteiger partial charge in [0, 0.05) is 23.5 Å². The highest BCUT2D eigenvalue weighted by atomic mass is 16.2. The molecule has 4 rings (SSSR count). The second-order valence-corrected chi connectivity index (χ2v) is 6.67. The molecule has 0 aromatic heterocycles. The first-order valence-electron chi connectivity index (χ1n) is 7.84. The molecule has 23 heavy (non-hydrogen) atoms. The highest BCUT2D eigenvalue weighted by Crippen LogP contribution is 2.38. The molecule has 0 unspecified atom stereocenters. The Labute approximate surface area is 135 Å². The maximum absolute atomic E-state index is 12.9. The van der Waals surface area contributed by atoms with Crippen LogP contribution in [0.2, 0.25) is 0 Å². The minimum absolute atomic E-state index is 0.00658. The molecule has 0 spiro atoms. The number of rotatable bonds is 1. The average molecular weight is 306 g/mol. The standard InChI is InChI=1S/C19H18N2O2/c1-19(2)14-11-13(7-8-15(14)20-18(19)23)17(22)21-10-9-12-5-3-4-6-16(12)21/h3-8,11H,9-10H2,1-2H3,(H,20,23). The van der Waals surface area contributed by atoms with Gasteiger partial charge in [0.2, 0.25) is 5.91 Å². The van der Waals surface area contributed by atoms with Gasteiger partial charge in [0.25, 0.3) is 5.91 Å². The lowest BCUT2D eigenvalue weighted by Crippen LogP contribution is -2.29. The molecule has 2 heterocycles. The summed E-state index contributed by atoms with van der Waals surface area (Å²) in [6, 6.07) is 13.5. The second kappa shape index (κ2) is 4.69. The maximum atomic E-state index is 12.9. The van der Waals surface area contributed by atoms with E-state index in [2.05, 4.69) is 11.4 Å². The molecule has 0 saturated carbocycles. The van der Waals surface area contributed by atoms with Gasteiger partial charge < -0.3 is 10.2 Å². The Morgan fingerprint density at radius 3 is 2.78 bits per heavy atom. The topological polar surface area (TPSA) is 49.4 Å². The number of amides is 2. The molecule has 0 bridgehead atoms. The lowest BCUT2D eigenvalue weighted by atomic mass is 9.85. The first kappa shape index (κ1) is 14.0. The molecule has 0 saturated heterocycles. The normalized spacial score (nSPS) is 17.7. The molecule has 4 nitrogen and oxygen atoms in total. The van der Waals surface area contributed by atoms with E-state index in [9.17, 15) is 9.59 Å². The number of nitrogens with zero attached hydrogens (tertiary/aromatic N) is 1. The maximum Gasteiger partial charge on any atom is 0.258 e. The van der Waals surface area contributed by atoms with Gasteiger partial charge in [0.15, 0.2) is 0 Å². The number of hydrogen-bond acceptors (Lipinski definition) is 2. The summed E-state index contributed by atoms with van der Waals surface area (Å²) in [4.78, 5) is 26.8. The predicted octanol–water partition coefficient (Wildman–Crippen LogP) is 3.12. The number of benzene rings is 2. The van der Waals surface area contributed by atoms with Crippen molar-refractivity contribution in [2.75, 3.05) is 16.8 Å². The molecule has 4 heteroatoms. The highest BCUT2D eigenvalue weighted by molar-refractivity contribution is 6.10. The van der Waals surface area contributed by atoms with E-state index in [0.717, 1.165) is 23.4 Å². The fourth-order valence-corrected chi connectivity index (χ4v) is 3.41. The van der Waals surface area contributed by atoms with Crippen LogP contribution >= 0.6 is 0 Å². The van der Waals surface area contributed by atoms with Gasteiger partial charge in [-0.3, -0.25) is 9.59 Å². The molecule has 0 radical (unpaired) electrons. The molecular weight excluding hydrogens is 288 g/mol. The molecule has 0 fully saturated rings. The van der Waals surface area contributed by atoms with Crippen LogP contribution in [0.3, 0.4) is 0 Å². The first-order chi connectivity index (χ1) is 11.0. The first-order valence-corrected chi connectivity index (χ1v) is 7.84. The summed E-state index contributed by atoms with van der Waals surface area (Å²) in [6.07, 6.45) is 0.887. The molecule has 0 atom stereocenters. The molecule has 116 valence electrons. The summed E-state index contributed by atoms with van der Waals surface area (Å²) in [6.45, 7) is 4.47. The van der Waals surface area contributed by atoms with Crippen LogP contribution in [-0.4, -0.2) is 18.4 Å². The van der Waals surface area contributed by atoms with Crippen molar-refractivity contribution in [3.63, 3.8) is 0 Å². The number of nitrogens with one attached hydrogen (secondary N) is 1. The molecular formula is C19H18N2O2. The van der Waals surface area contributed by atoms with Crippen LogP contribution < -0.4 is 10.2 Å². The minimum atomic E-state index is -0.603. The minimum Gasteiger partial charge on any atom is -0.325 e. The van der Waals surface area contributed by atoms with E-state index >= 15 is 0 Å². The zero-order chi connectivity index (χ0) is 16.2. The summed E-state index contributed by atoms with van der Waals surface area (Å²) < 4.78 is 0. The average Bonchev–Trinajstić information content (AvgIpc) is 3.06. The third-order valence-corrected chi connectivity index (χ3v) is 4.89. The van der Waals surface area contributed by atoms with Crippen LogP contribution in [0.5, 0.6) is 0 Å². The number of para-hydroxylation sites is 1. The Bertz CT molecular complexity index is 839. The summed E-state index contributed by atoms with van der Waals surface area (Å²) in [5, 5.41) is 2.88. The fraction of sp³-hybridized carbons (Fsp3) is 0.263. The van der Waals surface area contributed by atoms with Crippen LogP contribution in [-0.2, 0) is 16.6 Å². The van der Waals surface area contributed by atoms with E-state index in [1.807, 2.05) is 49.1 Å². The Morgan fingerprint density at radius 2 is 1.96 bits per heavy atom. The number of anilines is 2. The molecule has 0 aliphatic carbocycles. The van der Waals surface area contributed by atoms with Crippen molar-refractivity contribution < 1.29 is 9.59 Å². The van der Waals surface area contributed by atoms with Gasteiger partial charge in [0.1, 0.15) is 0 Å². The van der Waals surface area contributed by atoms with E-state index in [4.69, 9.17) is 0 Å². The summed E-state index contributed by atoms with van der Waals surface area (Å²) in [7, 11) is 0. The quantitative estimate of drug-likeness (QED) is 0.880. The summed E-state index contributed by atoms with van der Waals surface area (Å²) >= 11 is 0.